The van der Waals surface area contributed by atoms with Crippen molar-refractivity contribution < 1.29 is 15.0 Å². The molecule has 102 valence electrons. The molecule has 2 rings (SSSR count). The molecule has 0 bridgehead atoms. The van der Waals surface area contributed by atoms with Crippen molar-refractivity contribution in [3.63, 3.8) is 0 Å². The summed E-state index contributed by atoms with van der Waals surface area (Å²) < 4.78 is 0.836. The number of hydrogen-bond acceptors (Lipinski definition) is 4. The van der Waals surface area contributed by atoms with Crippen molar-refractivity contribution in [3.8, 4) is 5.75 Å². The lowest BCUT2D eigenvalue weighted by Gasteiger charge is -2.02. The topological polar surface area (TPSA) is 81.9 Å². The van der Waals surface area contributed by atoms with E-state index in [0.717, 1.165) is 4.47 Å². The van der Waals surface area contributed by atoms with E-state index < -0.39 is 5.97 Å². The summed E-state index contributed by atoms with van der Waals surface area (Å²) in [4.78, 5) is 10.7. The van der Waals surface area contributed by atoms with Gasteiger partial charge in [0.25, 0.3) is 0 Å². The smallest absolute Gasteiger partial charge is 0.335 e. The number of carboxylic acids is 1. The average molecular weight is 335 g/mol. The predicted molar refractivity (Wildman–Crippen MR) is 80.4 cm³/mol. The highest BCUT2D eigenvalue weighted by Gasteiger charge is 2.01. The molecule has 20 heavy (non-hydrogen) atoms. The van der Waals surface area contributed by atoms with Crippen LogP contribution in [-0.4, -0.2) is 22.4 Å². The molecule has 5 nitrogen and oxygen atoms in total. The maximum Gasteiger partial charge on any atom is 0.335 e. The highest BCUT2D eigenvalue weighted by molar-refractivity contribution is 9.10. The summed E-state index contributed by atoms with van der Waals surface area (Å²) in [6.45, 7) is 0. The number of hydrogen-bond donors (Lipinski definition) is 3. The van der Waals surface area contributed by atoms with Gasteiger partial charge in [0.15, 0.2) is 0 Å². The zero-order valence-corrected chi connectivity index (χ0v) is 11.8. The van der Waals surface area contributed by atoms with Crippen molar-refractivity contribution in [2.45, 2.75) is 0 Å². The monoisotopic (exact) mass is 334 g/mol. The Labute approximate surface area is 123 Å². The summed E-state index contributed by atoms with van der Waals surface area (Å²) in [6.07, 6.45) is 1.48. The first-order chi connectivity index (χ1) is 9.56. The van der Waals surface area contributed by atoms with E-state index in [-0.39, 0.29) is 11.3 Å². The molecule has 0 fully saturated rings. The van der Waals surface area contributed by atoms with Crippen LogP contribution in [0.4, 0.5) is 5.69 Å². The van der Waals surface area contributed by atoms with Gasteiger partial charge in [0.1, 0.15) is 5.75 Å². The van der Waals surface area contributed by atoms with Crippen molar-refractivity contribution >= 4 is 33.8 Å². The first kappa shape index (κ1) is 14.1. The van der Waals surface area contributed by atoms with Crippen LogP contribution in [0.3, 0.4) is 0 Å². The molecule has 0 saturated heterocycles. The number of aromatic carboxylic acids is 1. The Bertz CT molecular complexity index is 654. The summed E-state index contributed by atoms with van der Waals surface area (Å²) in [6, 6.07) is 11.2. The van der Waals surface area contributed by atoms with Crippen LogP contribution < -0.4 is 5.43 Å². The van der Waals surface area contributed by atoms with Gasteiger partial charge >= 0.3 is 5.97 Å². The van der Waals surface area contributed by atoms with Crippen LogP contribution in [0.25, 0.3) is 0 Å². The van der Waals surface area contributed by atoms with Crippen LogP contribution >= 0.6 is 15.9 Å². The number of carbonyl (C=O) groups is 1. The SMILES string of the molecule is O=C(O)c1ccc(N/N=C\c2cc(Br)ccc2O)cc1. The lowest BCUT2D eigenvalue weighted by atomic mass is 10.2. The molecule has 0 aromatic heterocycles. The van der Waals surface area contributed by atoms with Gasteiger partial charge in [0.2, 0.25) is 0 Å². The van der Waals surface area contributed by atoms with Crippen LogP contribution in [0.15, 0.2) is 52.0 Å². The number of phenols is 1. The van der Waals surface area contributed by atoms with Gasteiger partial charge in [0, 0.05) is 10.0 Å². The molecule has 3 N–H and O–H groups in total. The fourth-order valence-corrected chi connectivity index (χ4v) is 1.87. The van der Waals surface area contributed by atoms with Crippen LogP contribution in [0.2, 0.25) is 0 Å². The Morgan fingerprint density at radius 1 is 1.20 bits per heavy atom. The Morgan fingerprint density at radius 3 is 2.55 bits per heavy atom. The third-order valence-electron chi connectivity index (χ3n) is 2.52. The molecule has 0 aliphatic carbocycles. The second-order valence-electron chi connectivity index (χ2n) is 3.96. The van der Waals surface area contributed by atoms with Gasteiger partial charge in [-0.25, -0.2) is 4.79 Å². The second kappa shape index (κ2) is 6.21. The zero-order chi connectivity index (χ0) is 14.5. The maximum atomic E-state index is 10.7. The minimum Gasteiger partial charge on any atom is -0.507 e. The summed E-state index contributed by atoms with van der Waals surface area (Å²) in [7, 11) is 0. The van der Waals surface area contributed by atoms with Crippen LogP contribution in [-0.2, 0) is 0 Å². The number of aromatic hydroxyl groups is 1. The number of nitrogens with one attached hydrogen (secondary N) is 1. The molecule has 0 unspecified atom stereocenters. The van der Waals surface area contributed by atoms with E-state index in [1.165, 1.54) is 18.3 Å². The van der Waals surface area contributed by atoms with Crippen molar-refractivity contribution in [2.75, 3.05) is 5.43 Å². The first-order valence-electron chi connectivity index (χ1n) is 5.67. The zero-order valence-electron chi connectivity index (χ0n) is 10.2. The fraction of sp³-hybridized carbons (Fsp3) is 0. The van der Waals surface area contributed by atoms with Gasteiger partial charge in [-0.05, 0) is 42.5 Å². The minimum absolute atomic E-state index is 0.125. The summed E-state index contributed by atoms with van der Waals surface area (Å²) >= 11 is 3.31. The molecule has 0 radical (unpaired) electrons. The summed E-state index contributed by atoms with van der Waals surface area (Å²) in [5.41, 5.74) is 4.19. The number of rotatable bonds is 4. The van der Waals surface area contributed by atoms with Gasteiger partial charge in [0.05, 0.1) is 17.5 Å². The van der Waals surface area contributed by atoms with Gasteiger partial charge in [-0.3, -0.25) is 5.43 Å². The number of carboxylic acid groups (broad SMARTS) is 1. The number of hydrazone groups is 1. The Hall–Kier alpha value is -2.34. The van der Waals surface area contributed by atoms with Gasteiger partial charge < -0.3 is 10.2 Å². The van der Waals surface area contributed by atoms with E-state index >= 15 is 0 Å². The standard InChI is InChI=1S/C14H11BrN2O3/c15-11-3-6-13(18)10(7-11)8-16-17-12-4-1-9(2-5-12)14(19)20/h1-8,17-18H,(H,19,20)/b16-8-. The third kappa shape index (κ3) is 3.58. The van der Waals surface area contributed by atoms with E-state index in [0.29, 0.717) is 11.3 Å². The van der Waals surface area contributed by atoms with E-state index in [2.05, 4.69) is 26.5 Å². The number of nitrogens with zero attached hydrogens (tertiary/aromatic N) is 1. The minimum atomic E-state index is -0.973. The second-order valence-corrected chi connectivity index (χ2v) is 4.87. The Balaban J connectivity index is 2.06. The average Bonchev–Trinajstić information content (AvgIpc) is 2.43. The lowest BCUT2D eigenvalue weighted by molar-refractivity contribution is 0.0697. The van der Waals surface area contributed by atoms with Gasteiger partial charge in [-0.15, -0.1) is 0 Å². The molecule has 2 aromatic rings. The maximum absolute atomic E-state index is 10.7. The molecule has 0 spiro atoms. The molecule has 0 aliphatic rings. The van der Waals surface area contributed by atoms with Gasteiger partial charge in [-0.2, -0.15) is 5.10 Å². The van der Waals surface area contributed by atoms with E-state index in [4.69, 9.17) is 5.11 Å². The van der Waals surface area contributed by atoms with Crippen molar-refractivity contribution in [1.82, 2.24) is 0 Å². The lowest BCUT2D eigenvalue weighted by Crippen LogP contribution is -1.96. The fourth-order valence-electron chi connectivity index (χ4n) is 1.49. The highest BCUT2D eigenvalue weighted by Crippen LogP contribution is 2.20. The third-order valence-corrected chi connectivity index (χ3v) is 3.01. The molecule has 0 saturated carbocycles. The normalized spacial score (nSPS) is 10.7. The number of halogens is 1. The summed E-state index contributed by atoms with van der Waals surface area (Å²) in [5, 5.41) is 22.4. The largest absolute Gasteiger partial charge is 0.507 e. The van der Waals surface area contributed by atoms with E-state index in [1.54, 1.807) is 30.3 Å². The van der Waals surface area contributed by atoms with Crippen LogP contribution in [0.1, 0.15) is 15.9 Å². The van der Waals surface area contributed by atoms with E-state index in [9.17, 15) is 9.90 Å². The molecule has 0 amide bonds. The number of anilines is 1. The van der Waals surface area contributed by atoms with Crippen molar-refractivity contribution in [2.24, 2.45) is 5.10 Å². The highest BCUT2D eigenvalue weighted by atomic mass is 79.9. The molecule has 2 aromatic carbocycles. The van der Waals surface area contributed by atoms with Crippen LogP contribution in [0, 0.1) is 0 Å². The van der Waals surface area contributed by atoms with E-state index in [1.807, 2.05) is 0 Å². The first-order valence-corrected chi connectivity index (χ1v) is 6.46. The van der Waals surface area contributed by atoms with Crippen molar-refractivity contribution in [3.05, 3.63) is 58.1 Å². The molecule has 0 aliphatic heterocycles. The Morgan fingerprint density at radius 2 is 1.90 bits per heavy atom. The number of benzene rings is 2. The quantitative estimate of drug-likeness (QED) is 0.591. The van der Waals surface area contributed by atoms with Crippen LogP contribution in [0.5, 0.6) is 5.75 Å². The molecule has 0 heterocycles. The predicted octanol–water partition coefficient (Wildman–Crippen LogP) is 3.30. The van der Waals surface area contributed by atoms with Crippen molar-refractivity contribution in [1.29, 1.82) is 0 Å². The molecular formula is C14H11BrN2O3. The molecular weight excluding hydrogens is 324 g/mol. The molecule has 6 heteroatoms. The summed E-state index contributed by atoms with van der Waals surface area (Å²) in [5.74, 6) is -0.848. The van der Waals surface area contributed by atoms with Gasteiger partial charge in [-0.1, -0.05) is 15.9 Å². The number of phenolic OH excluding ortho intramolecular Hbond substituents is 1. The molecule has 0 atom stereocenters. The Kier molecular flexibility index (Phi) is 4.37.